The van der Waals surface area contributed by atoms with E-state index >= 15 is 0 Å². The molecule has 0 heterocycles. The van der Waals surface area contributed by atoms with E-state index in [1.807, 2.05) is 62.4 Å². The molecule has 0 bridgehead atoms. The predicted octanol–water partition coefficient (Wildman–Crippen LogP) is 3.63. The number of methoxy groups -OCH3 is 1. The number of carbonyl (C=O) groups is 1. The fraction of sp³-hybridized carbons (Fsp3) is 0.235. The number of esters is 1. The van der Waals surface area contributed by atoms with Crippen molar-refractivity contribution in [3.63, 3.8) is 0 Å². The Labute approximate surface area is 119 Å². The van der Waals surface area contributed by atoms with Crippen LogP contribution in [-0.4, -0.2) is 13.1 Å². The second-order valence-electron chi connectivity index (χ2n) is 4.88. The molecule has 0 aliphatic rings. The Balaban J connectivity index is 2.31. The Bertz CT molecular complexity index is 607. The van der Waals surface area contributed by atoms with Gasteiger partial charge in [-0.2, -0.15) is 0 Å². The molecule has 0 aliphatic heterocycles. The van der Waals surface area contributed by atoms with E-state index in [2.05, 4.69) is 5.32 Å². The summed E-state index contributed by atoms with van der Waals surface area (Å²) in [6, 6.07) is 15.3. The summed E-state index contributed by atoms with van der Waals surface area (Å²) in [7, 11) is 1.41. The Morgan fingerprint density at radius 1 is 1.05 bits per heavy atom. The third kappa shape index (κ3) is 3.38. The average Bonchev–Trinajstić information content (AvgIpc) is 2.44. The van der Waals surface area contributed by atoms with Gasteiger partial charge in [-0.1, -0.05) is 42.0 Å². The van der Waals surface area contributed by atoms with E-state index in [0.717, 1.165) is 22.4 Å². The Kier molecular flexibility index (Phi) is 4.41. The first-order valence-electron chi connectivity index (χ1n) is 6.58. The molecule has 0 saturated carbocycles. The van der Waals surface area contributed by atoms with Crippen molar-refractivity contribution in [2.45, 2.75) is 19.9 Å². The van der Waals surface area contributed by atoms with E-state index in [0.29, 0.717) is 0 Å². The lowest BCUT2D eigenvalue weighted by Crippen LogP contribution is -2.22. The van der Waals surface area contributed by atoms with Gasteiger partial charge in [0.1, 0.15) is 0 Å². The molecule has 0 spiro atoms. The first kappa shape index (κ1) is 14.1. The van der Waals surface area contributed by atoms with Crippen LogP contribution >= 0.6 is 0 Å². The highest BCUT2D eigenvalue weighted by molar-refractivity contribution is 5.81. The van der Waals surface area contributed by atoms with Crippen molar-refractivity contribution in [1.82, 2.24) is 0 Å². The summed E-state index contributed by atoms with van der Waals surface area (Å²) in [5.41, 5.74) is 4.06. The number of aryl methyl sites for hydroxylation is 2. The van der Waals surface area contributed by atoms with Crippen LogP contribution in [0.5, 0.6) is 0 Å². The third-order valence-corrected chi connectivity index (χ3v) is 3.14. The molecule has 2 aromatic carbocycles. The minimum absolute atomic E-state index is 0.294. The van der Waals surface area contributed by atoms with Gasteiger partial charge in [-0.25, -0.2) is 4.79 Å². The molecule has 3 nitrogen and oxygen atoms in total. The maximum atomic E-state index is 12.0. The number of nitrogens with one attached hydrogen (secondary N) is 1. The molecular weight excluding hydrogens is 250 g/mol. The fourth-order valence-electron chi connectivity index (χ4n) is 2.15. The molecule has 0 aromatic heterocycles. The normalized spacial score (nSPS) is 11.8. The van der Waals surface area contributed by atoms with Crippen LogP contribution in [0.15, 0.2) is 48.5 Å². The Morgan fingerprint density at radius 3 is 2.30 bits per heavy atom. The second-order valence-corrected chi connectivity index (χ2v) is 4.88. The van der Waals surface area contributed by atoms with Crippen LogP contribution < -0.4 is 5.32 Å². The summed E-state index contributed by atoms with van der Waals surface area (Å²) in [6.45, 7) is 4.02. The summed E-state index contributed by atoms with van der Waals surface area (Å²) < 4.78 is 4.91. The van der Waals surface area contributed by atoms with Gasteiger partial charge < -0.3 is 10.1 Å². The topological polar surface area (TPSA) is 38.3 Å². The Hall–Kier alpha value is -2.29. The number of hydrogen-bond donors (Lipinski definition) is 1. The van der Waals surface area contributed by atoms with Gasteiger partial charge in [0.25, 0.3) is 0 Å². The van der Waals surface area contributed by atoms with Crippen LogP contribution in [0.3, 0.4) is 0 Å². The summed E-state index contributed by atoms with van der Waals surface area (Å²) in [5, 5.41) is 3.24. The van der Waals surface area contributed by atoms with Gasteiger partial charge in [0.15, 0.2) is 6.04 Å². The first-order chi connectivity index (χ1) is 9.60. The Morgan fingerprint density at radius 2 is 1.70 bits per heavy atom. The number of benzene rings is 2. The molecule has 0 saturated heterocycles. The maximum absolute atomic E-state index is 12.0. The largest absolute Gasteiger partial charge is 0.467 e. The van der Waals surface area contributed by atoms with Crippen molar-refractivity contribution in [2.24, 2.45) is 0 Å². The van der Waals surface area contributed by atoms with E-state index in [4.69, 9.17) is 4.74 Å². The molecule has 0 amide bonds. The van der Waals surface area contributed by atoms with Gasteiger partial charge in [0, 0.05) is 5.69 Å². The van der Waals surface area contributed by atoms with Crippen molar-refractivity contribution in [3.8, 4) is 0 Å². The van der Waals surface area contributed by atoms with Crippen LogP contribution in [0.2, 0.25) is 0 Å². The van der Waals surface area contributed by atoms with Gasteiger partial charge in [-0.05, 0) is 37.1 Å². The van der Waals surface area contributed by atoms with Gasteiger partial charge >= 0.3 is 5.97 Å². The van der Waals surface area contributed by atoms with Crippen LogP contribution in [0.25, 0.3) is 0 Å². The number of carbonyl (C=O) groups excluding carboxylic acids is 1. The summed E-state index contributed by atoms with van der Waals surface area (Å²) >= 11 is 0. The zero-order valence-electron chi connectivity index (χ0n) is 12.0. The highest BCUT2D eigenvalue weighted by Gasteiger charge is 2.21. The van der Waals surface area contributed by atoms with Crippen molar-refractivity contribution in [1.29, 1.82) is 0 Å². The second kappa shape index (κ2) is 6.24. The van der Waals surface area contributed by atoms with E-state index in [-0.39, 0.29) is 5.97 Å². The highest BCUT2D eigenvalue weighted by atomic mass is 16.5. The zero-order chi connectivity index (χ0) is 14.5. The molecule has 0 radical (unpaired) electrons. The molecule has 1 N–H and O–H groups in total. The van der Waals surface area contributed by atoms with E-state index in [1.54, 1.807) is 0 Å². The molecule has 0 aliphatic carbocycles. The van der Waals surface area contributed by atoms with Gasteiger partial charge in [-0.15, -0.1) is 0 Å². The lowest BCUT2D eigenvalue weighted by atomic mass is 10.0. The average molecular weight is 269 g/mol. The van der Waals surface area contributed by atoms with Gasteiger partial charge in [0.05, 0.1) is 7.11 Å². The third-order valence-electron chi connectivity index (χ3n) is 3.14. The van der Waals surface area contributed by atoms with Crippen molar-refractivity contribution >= 4 is 11.7 Å². The molecule has 3 heteroatoms. The fourth-order valence-corrected chi connectivity index (χ4v) is 2.15. The minimum atomic E-state index is -0.498. The zero-order valence-corrected chi connectivity index (χ0v) is 12.0. The number of ether oxygens (including phenoxy) is 1. The van der Waals surface area contributed by atoms with E-state index < -0.39 is 6.04 Å². The molecule has 0 fully saturated rings. The highest BCUT2D eigenvalue weighted by Crippen LogP contribution is 2.22. The molecule has 1 atom stereocenters. The van der Waals surface area contributed by atoms with Gasteiger partial charge in [-0.3, -0.25) is 0 Å². The number of rotatable bonds is 4. The lowest BCUT2D eigenvalue weighted by molar-refractivity contribution is -0.141. The van der Waals surface area contributed by atoms with Crippen LogP contribution in [0, 0.1) is 13.8 Å². The molecule has 104 valence electrons. The molecule has 2 aromatic rings. The van der Waals surface area contributed by atoms with Crippen LogP contribution in [0.4, 0.5) is 5.69 Å². The van der Waals surface area contributed by atoms with E-state index in [1.165, 1.54) is 7.11 Å². The summed E-state index contributed by atoms with van der Waals surface area (Å²) in [5.74, 6) is -0.294. The first-order valence-corrected chi connectivity index (χ1v) is 6.58. The molecule has 1 unspecified atom stereocenters. The van der Waals surface area contributed by atoms with Crippen molar-refractivity contribution in [3.05, 3.63) is 65.2 Å². The smallest absolute Gasteiger partial charge is 0.332 e. The van der Waals surface area contributed by atoms with E-state index in [9.17, 15) is 4.79 Å². The number of anilines is 1. The van der Waals surface area contributed by atoms with Crippen LogP contribution in [-0.2, 0) is 9.53 Å². The monoisotopic (exact) mass is 269 g/mol. The quantitative estimate of drug-likeness (QED) is 0.861. The summed E-state index contributed by atoms with van der Waals surface area (Å²) in [6.07, 6.45) is 0. The number of hydrogen-bond acceptors (Lipinski definition) is 3. The molecule has 20 heavy (non-hydrogen) atoms. The molecular formula is C17H19NO2. The van der Waals surface area contributed by atoms with Gasteiger partial charge in [0.2, 0.25) is 0 Å². The predicted molar refractivity (Wildman–Crippen MR) is 80.7 cm³/mol. The summed E-state index contributed by atoms with van der Waals surface area (Å²) in [4.78, 5) is 12.0. The standard InChI is InChI=1S/C17H19NO2/c1-12-6-4-8-14(10-12)16(17(19)20-3)18-15-9-5-7-13(2)11-15/h4-11,16,18H,1-3H3. The molecule has 2 rings (SSSR count). The van der Waals surface area contributed by atoms with Crippen molar-refractivity contribution < 1.29 is 9.53 Å². The van der Waals surface area contributed by atoms with Crippen LogP contribution in [0.1, 0.15) is 22.7 Å². The minimum Gasteiger partial charge on any atom is -0.467 e. The maximum Gasteiger partial charge on any atom is 0.332 e. The van der Waals surface area contributed by atoms with Crippen molar-refractivity contribution in [2.75, 3.05) is 12.4 Å². The SMILES string of the molecule is COC(=O)C(Nc1cccc(C)c1)c1cccc(C)c1. The lowest BCUT2D eigenvalue weighted by Gasteiger charge is -2.18.